The van der Waals surface area contributed by atoms with Gasteiger partial charge in [-0.15, -0.1) is 0 Å². The number of aromatic nitrogens is 1. The number of fused-ring (bicyclic) bond motifs is 1. The Balaban J connectivity index is 2.10. The number of ether oxygens (including phenoxy) is 1. The average Bonchev–Trinajstić information content (AvgIpc) is 2.98. The molecule has 0 bridgehead atoms. The van der Waals surface area contributed by atoms with Crippen molar-refractivity contribution >= 4 is 27.0 Å². The van der Waals surface area contributed by atoms with Gasteiger partial charge in [0, 0.05) is 6.08 Å². The standard InChI is InChI=1S/C16H12N2O7S/c1-24-11-3-5-12(6-4-11)26(22,23)15(18(20)21)9-10-2-7-14-13(8-10)17-16(19)25-14/h2-9H,1H3,(H,17,19). The van der Waals surface area contributed by atoms with Crippen LogP contribution in [-0.2, 0) is 9.84 Å². The minimum absolute atomic E-state index is 0.221. The number of hydrogen-bond acceptors (Lipinski definition) is 7. The van der Waals surface area contributed by atoms with Crippen LogP contribution in [0.5, 0.6) is 5.75 Å². The zero-order valence-corrected chi connectivity index (χ0v) is 14.1. The summed E-state index contributed by atoms with van der Waals surface area (Å²) < 4.78 is 35.0. The van der Waals surface area contributed by atoms with E-state index >= 15 is 0 Å². The Morgan fingerprint density at radius 1 is 1.23 bits per heavy atom. The SMILES string of the molecule is COc1ccc(S(=O)(=O)C(=Cc2ccc3oc(=O)[nH]c3c2)[N+](=O)[O-])cc1. The predicted molar refractivity (Wildman–Crippen MR) is 92.0 cm³/mol. The third-order valence-electron chi connectivity index (χ3n) is 3.56. The smallest absolute Gasteiger partial charge is 0.417 e. The van der Waals surface area contributed by atoms with Crippen molar-refractivity contribution < 1.29 is 22.5 Å². The van der Waals surface area contributed by atoms with Gasteiger partial charge >= 0.3 is 10.8 Å². The molecule has 1 N–H and O–H groups in total. The molecule has 0 saturated heterocycles. The minimum atomic E-state index is -4.36. The lowest BCUT2D eigenvalue weighted by Crippen LogP contribution is -2.12. The Morgan fingerprint density at radius 3 is 2.54 bits per heavy atom. The summed E-state index contributed by atoms with van der Waals surface area (Å²) in [5, 5.41) is 10.4. The highest BCUT2D eigenvalue weighted by atomic mass is 32.2. The van der Waals surface area contributed by atoms with E-state index in [1.807, 2.05) is 0 Å². The molecule has 0 saturated carbocycles. The van der Waals surface area contributed by atoms with E-state index in [0.29, 0.717) is 11.3 Å². The molecular formula is C16H12N2O7S. The normalized spacial score (nSPS) is 12.3. The van der Waals surface area contributed by atoms with Crippen molar-refractivity contribution in [3.63, 3.8) is 0 Å². The summed E-state index contributed by atoms with van der Waals surface area (Å²) in [5.41, 5.74) is 0.777. The Morgan fingerprint density at radius 2 is 1.92 bits per heavy atom. The van der Waals surface area contributed by atoms with Crippen LogP contribution in [-0.4, -0.2) is 25.4 Å². The van der Waals surface area contributed by atoms with Crippen molar-refractivity contribution in [2.24, 2.45) is 0 Å². The van der Waals surface area contributed by atoms with Gasteiger partial charge in [0.15, 0.2) is 5.58 Å². The maximum Gasteiger partial charge on any atom is 0.417 e. The second-order valence-electron chi connectivity index (χ2n) is 5.19. The molecule has 2 aromatic carbocycles. The van der Waals surface area contributed by atoms with Crippen LogP contribution in [0.3, 0.4) is 0 Å². The number of sulfone groups is 1. The first kappa shape index (κ1) is 17.4. The molecule has 1 aromatic heterocycles. The van der Waals surface area contributed by atoms with Gasteiger partial charge in [-0.05, 0) is 42.0 Å². The van der Waals surface area contributed by atoms with E-state index in [2.05, 4.69) is 4.98 Å². The summed E-state index contributed by atoms with van der Waals surface area (Å²) in [5.74, 6) is -0.258. The highest BCUT2D eigenvalue weighted by molar-refractivity contribution is 7.95. The number of benzene rings is 2. The highest BCUT2D eigenvalue weighted by Crippen LogP contribution is 2.25. The fraction of sp³-hybridized carbons (Fsp3) is 0.0625. The molecule has 134 valence electrons. The molecule has 0 unspecified atom stereocenters. The van der Waals surface area contributed by atoms with Crippen LogP contribution in [0.25, 0.3) is 17.2 Å². The Hall–Kier alpha value is -3.40. The second-order valence-corrected chi connectivity index (χ2v) is 7.09. The van der Waals surface area contributed by atoms with Crippen molar-refractivity contribution in [3.05, 3.63) is 73.7 Å². The number of nitro groups is 1. The van der Waals surface area contributed by atoms with Crippen LogP contribution < -0.4 is 10.5 Å². The molecule has 0 amide bonds. The molecule has 1 heterocycles. The predicted octanol–water partition coefficient (Wildman–Crippen LogP) is 2.18. The molecule has 26 heavy (non-hydrogen) atoms. The van der Waals surface area contributed by atoms with Gasteiger partial charge in [0.25, 0.3) is 9.84 Å². The van der Waals surface area contributed by atoms with E-state index < -0.39 is 25.5 Å². The molecule has 0 aliphatic heterocycles. The summed E-state index contributed by atoms with van der Waals surface area (Å²) in [6.07, 6.45) is 0.921. The van der Waals surface area contributed by atoms with E-state index in [1.165, 1.54) is 49.6 Å². The van der Waals surface area contributed by atoms with E-state index in [-0.39, 0.29) is 16.0 Å². The van der Waals surface area contributed by atoms with Gasteiger partial charge in [0.2, 0.25) is 0 Å². The van der Waals surface area contributed by atoms with Crippen molar-refractivity contribution in [3.8, 4) is 5.75 Å². The number of nitrogens with zero attached hydrogens (tertiary/aromatic N) is 1. The van der Waals surface area contributed by atoms with Crippen LogP contribution in [0.15, 0.2) is 61.6 Å². The molecule has 0 aliphatic rings. The van der Waals surface area contributed by atoms with Crippen LogP contribution >= 0.6 is 0 Å². The maximum atomic E-state index is 12.6. The van der Waals surface area contributed by atoms with E-state index in [0.717, 1.165) is 6.08 Å². The van der Waals surface area contributed by atoms with Gasteiger partial charge in [0.05, 0.1) is 22.4 Å². The maximum absolute atomic E-state index is 12.6. The molecule has 0 fully saturated rings. The van der Waals surface area contributed by atoms with Crippen molar-refractivity contribution in [2.75, 3.05) is 7.11 Å². The number of hydrogen-bond donors (Lipinski definition) is 1. The third-order valence-corrected chi connectivity index (χ3v) is 5.27. The Labute approximate surface area is 146 Å². The fourth-order valence-corrected chi connectivity index (χ4v) is 3.53. The lowest BCUT2D eigenvalue weighted by molar-refractivity contribution is -0.410. The number of oxazole rings is 1. The van der Waals surface area contributed by atoms with Crippen LogP contribution in [0.1, 0.15) is 5.56 Å². The van der Waals surface area contributed by atoms with Crippen LogP contribution in [0.4, 0.5) is 0 Å². The fourth-order valence-electron chi connectivity index (χ4n) is 2.31. The Kier molecular flexibility index (Phi) is 4.34. The zero-order chi connectivity index (χ0) is 18.9. The summed E-state index contributed by atoms with van der Waals surface area (Å²) in [6, 6.07) is 9.44. The molecular weight excluding hydrogens is 364 g/mol. The average molecular weight is 376 g/mol. The number of aromatic amines is 1. The van der Waals surface area contributed by atoms with E-state index in [1.54, 1.807) is 0 Å². The number of methoxy groups -OCH3 is 1. The largest absolute Gasteiger partial charge is 0.497 e. The first-order valence-corrected chi connectivity index (χ1v) is 8.67. The van der Waals surface area contributed by atoms with Gasteiger partial charge < -0.3 is 9.15 Å². The minimum Gasteiger partial charge on any atom is -0.497 e. The van der Waals surface area contributed by atoms with Gasteiger partial charge in [-0.25, -0.2) is 13.2 Å². The molecule has 3 aromatic rings. The summed E-state index contributed by atoms with van der Waals surface area (Å²) in [7, 11) is -2.94. The quantitative estimate of drug-likeness (QED) is 0.533. The lowest BCUT2D eigenvalue weighted by Gasteiger charge is -2.04. The number of rotatable bonds is 5. The number of nitrogens with one attached hydrogen (secondary N) is 1. The lowest BCUT2D eigenvalue weighted by atomic mass is 10.2. The molecule has 0 aliphatic carbocycles. The molecule has 0 atom stereocenters. The topological polar surface area (TPSA) is 133 Å². The molecule has 0 radical (unpaired) electrons. The number of H-pyrrole nitrogens is 1. The highest BCUT2D eigenvalue weighted by Gasteiger charge is 2.31. The summed E-state index contributed by atoms with van der Waals surface area (Å²) in [6.45, 7) is 0. The second kappa shape index (κ2) is 6.48. The van der Waals surface area contributed by atoms with E-state index in [4.69, 9.17) is 9.15 Å². The van der Waals surface area contributed by atoms with Gasteiger partial charge in [0.1, 0.15) is 5.75 Å². The van der Waals surface area contributed by atoms with Crippen molar-refractivity contribution in [2.45, 2.75) is 4.90 Å². The molecule has 3 rings (SSSR count). The zero-order valence-electron chi connectivity index (χ0n) is 13.3. The van der Waals surface area contributed by atoms with Gasteiger partial charge in [-0.2, -0.15) is 0 Å². The van der Waals surface area contributed by atoms with Crippen LogP contribution in [0, 0.1) is 10.1 Å². The molecule has 0 spiro atoms. The molecule has 10 heteroatoms. The summed E-state index contributed by atoms with van der Waals surface area (Å²) >= 11 is 0. The van der Waals surface area contributed by atoms with Crippen molar-refractivity contribution in [1.82, 2.24) is 4.98 Å². The Bertz CT molecular complexity index is 1170. The monoisotopic (exact) mass is 376 g/mol. The first-order chi connectivity index (χ1) is 12.3. The van der Waals surface area contributed by atoms with Gasteiger partial charge in [-0.3, -0.25) is 15.1 Å². The third kappa shape index (κ3) is 3.22. The van der Waals surface area contributed by atoms with E-state index in [9.17, 15) is 23.3 Å². The van der Waals surface area contributed by atoms with Crippen LogP contribution in [0.2, 0.25) is 0 Å². The van der Waals surface area contributed by atoms with Crippen molar-refractivity contribution in [1.29, 1.82) is 0 Å². The first-order valence-electron chi connectivity index (χ1n) is 7.19. The van der Waals surface area contributed by atoms with Gasteiger partial charge in [-0.1, -0.05) is 6.07 Å². The summed E-state index contributed by atoms with van der Waals surface area (Å²) in [4.78, 5) is 23.7. The molecule has 9 nitrogen and oxygen atoms in total.